The second kappa shape index (κ2) is 6.57. The Kier molecular flexibility index (Phi) is 5.06. The quantitative estimate of drug-likeness (QED) is 0.757. The van der Waals surface area contributed by atoms with E-state index < -0.39 is 0 Å². The third-order valence-corrected chi connectivity index (χ3v) is 4.63. The van der Waals surface area contributed by atoms with Gasteiger partial charge in [-0.3, -0.25) is 4.68 Å². The van der Waals surface area contributed by atoms with Gasteiger partial charge in [-0.2, -0.15) is 5.10 Å². The van der Waals surface area contributed by atoms with Crippen LogP contribution >= 0.6 is 15.9 Å². The highest BCUT2D eigenvalue weighted by Gasteiger charge is 2.32. The zero-order valence-electron chi connectivity index (χ0n) is 10.9. The first-order valence-electron chi connectivity index (χ1n) is 6.57. The summed E-state index contributed by atoms with van der Waals surface area (Å²) in [5, 5.41) is 5.24. The maximum absolute atomic E-state index is 5.90. The molecule has 1 aliphatic heterocycles. The monoisotopic (exact) mass is 316 g/mol. The number of aromatic nitrogens is 2. The summed E-state index contributed by atoms with van der Waals surface area (Å²) >= 11 is 3.62. The van der Waals surface area contributed by atoms with Crippen molar-refractivity contribution >= 4 is 15.9 Å². The highest BCUT2D eigenvalue weighted by Crippen LogP contribution is 2.33. The van der Waals surface area contributed by atoms with E-state index in [4.69, 9.17) is 9.47 Å². The first kappa shape index (κ1) is 13.9. The second-order valence-corrected chi connectivity index (χ2v) is 5.53. The number of aryl methyl sites for hydroxylation is 1. The average molecular weight is 317 g/mol. The lowest BCUT2D eigenvalue weighted by molar-refractivity contribution is 0.00353. The van der Waals surface area contributed by atoms with E-state index in [2.05, 4.69) is 28.0 Å². The van der Waals surface area contributed by atoms with Crippen molar-refractivity contribution in [2.45, 2.75) is 32.7 Å². The van der Waals surface area contributed by atoms with Crippen LogP contribution in [0.4, 0.5) is 0 Å². The number of ether oxygens (including phenoxy) is 2. The van der Waals surface area contributed by atoms with E-state index in [1.807, 2.05) is 10.9 Å². The first-order valence-corrected chi connectivity index (χ1v) is 7.69. The van der Waals surface area contributed by atoms with Gasteiger partial charge in [0, 0.05) is 30.5 Å². The number of hydrogen-bond acceptors (Lipinski definition) is 3. The van der Waals surface area contributed by atoms with Crippen molar-refractivity contribution < 1.29 is 9.47 Å². The highest BCUT2D eigenvalue weighted by atomic mass is 79.9. The Morgan fingerprint density at radius 1 is 1.50 bits per heavy atom. The molecule has 1 aromatic heterocycles. The van der Waals surface area contributed by atoms with Crippen LogP contribution in [0.5, 0.6) is 5.75 Å². The molecule has 102 valence electrons. The van der Waals surface area contributed by atoms with Gasteiger partial charge in [0.2, 0.25) is 0 Å². The van der Waals surface area contributed by atoms with Gasteiger partial charge in [-0.15, -0.1) is 0 Å². The predicted molar refractivity (Wildman–Crippen MR) is 74.3 cm³/mol. The molecule has 0 atom stereocenters. The smallest absolute Gasteiger partial charge is 0.157 e. The van der Waals surface area contributed by atoms with Crippen LogP contribution in [0.15, 0.2) is 12.4 Å². The van der Waals surface area contributed by atoms with E-state index in [0.717, 1.165) is 56.7 Å². The van der Waals surface area contributed by atoms with Crippen LogP contribution in [0.1, 0.15) is 26.2 Å². The fraction of sp³-hybridized carbons (Fsp3) is 0.769. The van der Waals surface area contributed by atoms with Gasteiger partial charge in [0.15, 0.2) is 5.75 Å². The van der Waals surface area contributed by atoms with Crippen LogP contribution in [-0.2, 0) is 11.3 Å². The molecule has 0 N–H and O–H groups in total. The molecule has 18 heavy (non-hydrogen) atoms. The second-order valence-electron chi connectivity index (χ2n) is 4.97. The predicted octanol–water partition coefficient (Wildman–Crippen LogP) is 2.86. The molecule has 0 bridgehead atoms. The molecule has 0 aromatic carbocycles. The molecule has 2 heterocycles. The molecule has 0 spiro atoms. The summed E-state index contributed by atoms with van der Waals surface area (Å²) < 4.78 is 13.3. The Hall–Kier alpha value is -0.550. The Morgan fingerprint density at radius 2 is 2.28 bits per heavy atom. The maximum atomic E-state index is 5.90. The van der Waals surface area contributed by atoms with Crippen molar-refractivity contribution in [1.29, 1.82) is 0 Å². The number of alkyl halides is 1. The molecule has 5 heteroatoms. The number of hydrogen-bond donors (Lipinski definition) is 0. The van der Waals surface area contributed by atoms with Crippen LogP contribution in [0.2, 0.25) is 0 Å². The Labute approximate surface area is 117 Å². The molecular formula is C13H21BrN2O2. The van der Waals surface area contributed by atoms with Crippen LogP contribution < -0.4 is 4.74 Å². The summed E-state index contributed by atoms with van der Waals surface area (Å²) in [6.07, 6.45) is 6.98. The minimum Gasteiger partial charge on any atom is -0.490 e. The minimum atomic E-state index is 0.213. The zero-order chi connectivity index (χ0) is 12.8. The lowest BCUT2D eigenvalue weighted by Crippen LogP contribution is -2.36. The molecule has 0 aliphatic carbocycles. The number of rotatable bonds is 6. The van der Waals surface area contributed by atoms with E-state index >= 15 is 0 Å². The van der Waals surface area contributed by atoms with E-state index in [0.29, 0.717) is 0 Å². The molecule has 1 aliphatic rings. The van der Waals surface area contributed by atoms with Crippen LogP contribution in [0, 0.1) is 5.41 Å². The molecule has 4 nitrogen and oxygen atoms in total. The number of halogens is 1. The largest absolute Gasteiger partial charge is 0.490 e. The molecule has 1 fully saturated rings. The van der Waals surface area contributed by atoms with Crippen molar-refractivity contribution in [3.05, 3.63) is 12.4 Å². The third kappa shape index (κ3) is 3.48. The number of nitrogens with zero attached hydrogens (tertiary/aromatic N) is 2. The average Bonchev–Trinajstić information content (AvgIpc) is 2.86. The molecule has 0 unspecified atom stereocenters. The summed E-state index contributed by atoms with van der Waals surface area (Å²) in [4.78, 5) is 0. The van der Waals surface area contributed by atoms with E-state index in [-0.39, 0.29) is 5.41 Å². The molecular weight excluding hydrogens is 296 g/mol. The third-order valence-electron chi connectivity index (χ3n) is 3.44. The summed E-state index contributed by atoms with van der Waals surface area (Å²) in [5.74, 6) is 0.871. The van der Waals surface area contributed by atoms with Crippen molar-refractivity contribution in [3.63, 3.8) is 0 Å². The SMILES string of the molecule is CCCn1cc(OCC2(CBr)CCOCC2)cn1. The maximum Gasteiger partial charge on any atom is 0.157 e. The minimum absolute atomic E-state index is 0.213. The fourth-order valence-electron chi connectivity index (χ4n) is 2.13. The van der Waals surface area contributed by atoms with Gasteiger partial charge in [-0.1, -0.05) is 22.9 Å². The molecule has 1 aromatic rings. The zero-order valence-corrected chi connectivity index (χ0v) is 12.5. The first-order chi connectivity index (χ1) is 8.78. The van der Waals surface area contributed by atoms with E-state index in [1.54, 1.807) is 6.20 Å². The van der Waals surface area contributed by atoms with Gasteiger partial charge in [-0.25, -0.2) is 0 Å². The molecule has 2 rings (SSSR count). The molecule has 1 saturated heterocycles. The van der Waals surface area contributed by atoms with Crippen LogP contribution in [0.25, 0.3) is 0 Å². The summed E-state index contributed by atoms with van der Waals surface area (Å²) in [6, 6.07) is 0. The van der Waals surface area contributed by atoms with Gasteiger partial charge in [0.1, 0.15) is 0 Å². The molecule has 0 amide bonds. The summed E-state index contributed by atoms with van der Waals surface area (Å²) in [7, 11) is 0. The van der Waals surface area contributed by atoms with E-state index in [1.165, 1.54) is 0 Å². The van der Waals surface area contributed by atoms with Gasteiger partial charge in [0.25, 0.3) is 0 Å². The van der Waals surface area contributed by atoms with Crippen LogP contribution in [0.3, 0.4) is 0 Å². The van der Waals surface area contributed by atoms with Crippen molar-refractivity contribution in [2.75, 3.05) is 25.2 Å². The molecule has 0 radical (unpaired) electrons. The topological polar surface area (TPSA) is 36.3 Å². The van der Waals surface area contributed by atoms with Crippen molar-refractivity contribution in [1.82, 2.24) is 9.78 Å². The highest BCUT2D eigenvalue weighted by molar-refractivity contribution is 9.09. The van der Waals surface area contributed by atoms with Gasteiger partial charge >= 0.3 is 0 Å². The Bertz CT molecular complexity index is 362. The van der Waals surface area contributed by atoms with Crippen molar-refractivity contribution in [2.24, 2.45) is 5.41 Å². The van der Waals surface area contributed by atoms with Gasteiger partial charge < -0.3 is 9.47 Å². The van der Waals surface area contributed by atoms with Gasteiger partial charge in [-0.05, 0) is 19.3 Å². The van der Waals surface area contributed by atoms with Crippen molar-refractivity contribution in [3.8, 4) is 5.75 Å². The fourth-order valence-corrected chi connectivity index (χ4v) is 2.85. The summed E-state index contributed by atoms with van der Waals surface area (Å²) in [6.45, 7) is 5.50. The normalized spacial score (nSPS) is 18.8. The molecule has 0 saturated carbocycles. The lowest BCUT2D eigenvalue weighted by atomic mass is 9.83. The van der Waals surface area contributed by atoms with E-state index in [9.17, 15) is 0 Å². The Balaban J connectivity index is 1.88. The van der Waals surface area contributed by atoms with Gasteiger partial charge in [0.05, 0.1) is 19.0 Å². The lowest BCUT2D eigenvalue weighted by Gasteiger charge is -2.35. The standard InChI is InChI=1S/C13H21BrN2O2/c1-2-5-16-9-12(8-15-16)18-11-13(10-14)3-6-17-7-4-13/h8-9H,2-7,10-11H2,1H3. The Morgan fingerprint density at radius 3 is 2.94 bits per heavy atom. The van der Waals surface area contributed by atoms with Crippen LogP contribution in [-0.4, -0.2) is 34.9 Å². The summed E-state index contributed by atoms with van der Waals surface area (Å²) in [5.41, 5.74) is 0.213.